The summed E-state index contributed by atoms with van der Waals surface area (Å²) in [6, 6.07) is 6.06. The van der Waals surface area contributed by atoms with Crippen molar-refractivity contribution in [3.63, 3.8) is 0 Å². The molecule has 1 aromatic heterocycles. The third-order valence-electron chi connectivity index (χ3n) is 5.15. The van der Waals surface area contributed by atoms with Gasteiger partial charge in [-0.1, -0.05) is 0 Å². The van der Waals surface area contributed by atoms with Crippen LogP contribution < -0.4 is 15.0 Å². The lowest BCUT2D eigenvalue weighted by molar-refractivity contribution is -0.274. The van der Waals surface area contributed by atoms with E-state index in [-0.39, 0.29) is 30.6 Å². The van der Waals surface area contributed by atoms with Crippen LogP contribution in [-0.4, -0.2) is 52.7 Å². The summed E-state index contributed by atoms with van der Waals surface area (Å²) in [6.45, 7) is 0.266. The molecular formula is C20H17F3N4O4. The number of ether oxygens (including phenoxy) is 1. The number of anilines is 1. The second-order valence-electron chi connectivity index (χ2n) is 7.14. The zero-order valence-electron chi connectivity index (χ0n) is 16.0. The van der Waals surface area contributed by atoms with Crippen LogP contribution in [0.3, 0.4) is 0 Å². The van der Waals surface area contributed by atoms with Gasteiger partial charge in [-0.3, -0.25) is 14.6 Å². The van der Waals surface area contributed by atoms with Crippen LogP contribution in [0.1, 0.15) is 23.2 Å². The first kappa shape index (κ1) is 20.6. The molecule has 0 spiro atoms. The SMILES string of the molecule is O=C(N[C@H]1CCN2C(=O)N(c3ccc(OC(F)(F)F)cc3)C(=O)[C@@H]2C1)c1ccncc1. The van der Waals surface area contributed by atoms with Crippen LogP contribution in [0.4, 0.5) is 23.7 Å². The number of amides is 4. The molecule has 2 aliphatic heterocycles. The number of pyridine rings is 1. The maximum absolute atomic E-state index is 12.9. The molecular weight excluding hydrogens is 417 g/mol. The maximum Gasteiger partial charge on any atom is 0.573 e. The second kappa shape index (κ2) is 7.89. The molecule has 31 heavy (non-hydrogen) atoms. The van der Waals surface area contributed by atoms with Gasteiger partial charge in [-0.25, -0.2) is 9.69 Å². The van der Waals surface area contributed by atoms with Gasteiger partial charge in [-0.05, 0) is 49.2 Å². The van der Waals surface area contributed by atoms with Crippen molar-refractivity contribution >= 4 is 23.5 Å². The van der Waals surface area contributed by atoms with Crippen LogP contribution in [-0.2, 0) is 4.79 Å². The average molecular weight is 434 g/mol. The summed E-state index contributed by atoms with van der Waals surface area (Å²) in [5.74, 6) is -1.24. The van der Waals surface area contributed by atoms with Crippen LogP contribution in [0.5, 0.6) is 5.75 Å². The van der Waals surface area contributed by atoms with E-state index in [1.165, 1.54) is 29.4 Å². The van der Waals surface area contributed by atoms with E-state index in [4.69, 9.17) is 0 Å². The summed E-state index contributed by atoms with van der Waals surface area (Å²) in [7, 11) is 0. The molecule has 4 rings (SSSR count). The summed E-state index contributed by atoms with van der Waals surface area (Å²) < 4.78 is 40.8. The van der Waals surface area contributed by atoms with Crippen LogP contribution in [0.25, 0.3) is 0 Å². The van der Waals surface area contributed by atoms with E-state index in [2.05, 4.69) is 15.0 Å². The number of hydrogen-bond donors (Lipinski definition) is 1. The number of imide groups is 1. The number of fused-ring (bicyclic) bond motifs is 1. The first-order chi connectivity index (χ1) is 14.7. The molecule has 0 saturated carbocycles. The van der Waals surface area contributed by atoms with Crippen molar-refractivity contribution in [2.24, 2.45) is 0 Å². The molecule has 4 amide bonds. The Bertz CT molecular complexity index is 998. The lowest BCUT2D eigenvalue weighted by atomic mass is 9.97. The largest absolute Gasteiger partial charge is 0.573 e. The van der Waals surface area contributed by atoms with Gasteiger partial charge < -0.3 is 15.0 Å². The summed E-state index contributed by atoms with van der Waals surface area (Å²) in [5.41, 5.74) is 0.588. The highest BCUT2D eigenvalue weighted by atomic mass is 19.4. The van der Waals surface area contributed by atoms with Crippen molar-refractivity contribution in [3.05, 3.63) is 54.4 Å². The first-order valence-corrected chi connectivity index (χ1v) is 9.44. The van der Waals surface area contributed by atoms with Gasteiger partial charge >= 0.3 is 12.4 Å². The van der Waals surface area contributed by atoms with E-state index < -0.39 is 30.1 Å². The zero-order valence-corrected chi connectivity index (χ0v) is 16.0. The topological polar surface area (TPSA) is 91.8 Å². The van der Waals surface area contributed by atoms with Gasteiger partial charge in [0.2, 0.25) is 0 Å². The third kappa shape index (κ3) is 4.30. The molecule has 2 saturated heterocycles. The number of urea groups is 1. The van der Waals surface area contributed by atoms with Crippen molar-refractivity contribution in [1.82, 2.24) is 15.2 Å². The van der Waals surface area contributed by atoms with E-state index in [1.807, 2.05) is 0 Å². The highest BCUT2D eigenvalue weighted by molar-refractivity contribution is 6.21. The molecule has 2 aromatic rings. The highest BCUT2D eigenvalue weighted by Crippen LogP contribution is 2.32. The molecule has 1 aromatic carbocycles. The maximum atomic E-state index is 12.9. The lowest BCUT2D eigenvalue weighted by Crippen LogP contribution is -2.49. The Morgan fingerprint density at radius 1 is 1.10 bits per heavy atom. The predicted octanol–water partition coefficient (Wildman–Crippen LogP) is 2.71. The van der Waals surface area contributed by atoms with Crippen molar-refractivity contribution in [2.45, 2.75) is 31.3 Å². The van der Waals surface area contributed by atoms with E-state index in [0.717, 1.165) is 17.0 Å². The van der Waals surface area contributed by atoms with Gasteiger partial charge in [-0.2, -0.15) is 0 Å². The summed E-state index contributed by atoms with van der Waals surface area (Å²) >= 11 is 0. The minimum Gasteiger partial charge on any atom is -0.406 e. The number of carbonyl (C=O) groups excluding carboxylic acids is 3. The number of hydrogen-bond acceptors (Lipinski definition) is 5. The third-order valence-corrected chi connectivity index (χ3v) is 5.15. The van der Waals surface area contributed by atoms with Crippen LogP contribution >= 0.6 is 0 Å². The van der Waals surface area contributed by atoms with E-state index in [9.17, 15) is 27.6 Å². The summed E-state index contributed by atoms with van der Waals surface area (Å²) in [4.78, 5) is 44.2. The van der Waals surface area contributed by atoms with Crippen molar-refractivity contribution in [2.75, 3.05) is 11.4 Å². The molecule has 0 radical (unpaired) electrons. The fraction of sp³-hybridized carbons (Fsp3) is 0.300. The molecule has 162 valence electrons. The first-order valence-electron chi connectivity index (χ1n) is 9.44. The lowest BCUT2D eigenvalue weighted by Gasteiger charge is -2.32. The molecule has 0 unspecified atom stereocenters. The number of nitrogens with zero attached hydrogens (tertiary/aromatic N) is 3. The minimum atomic E-state index is -4.84. The van der Waals surface area contributed by atoms with Gasteiger partial charge in [0.1, 0.15) is 11.8 Å². The number of carbonyl (C=O) groups is 3. The van der Waals surface area contributed by atoms with Crippen LogP contribution in [0, 0.1) is 0 Å². The number of piperidine rings is 1. The average Bonchev–Trinajstić information content (AvgIpc) is 2.98. The molecule has 2 aliphatic rings. The van der Waals surface area contributed by atoms with E-state index in [1.54, 1.807) is 12.1 Å². The molecule has 8 nitrogen and oxygen atoms in total. The number of aromatic nitrogens is 1. The quantitative estimate of drug-likeness (QED) is 0.748. The Morgan fingerprint density at radius 2 is 1.77 bits per heavy atom. The van der Waals surface area contributed by atoms with E-state index in [0.29, 0.717) is 12.0 Å². The predicted molar refractivity (Wildman–Crippen MR) is 101 cm³/mol. The Kier molecular flexibility index (Phi) is 5.25. The normalized spacial score (nSPS) is 21.1. The standard InChI is InChI=1S/C20H17F3N4O4/c21-20(22,23)31-15-3-1-14(2-4-15)27-18(29)16-11-13(7-10-26(16)19(27)30)25-17(28)12-5-8-24-9-6-12/h1-6,8-9,13,16H,7,10-11H2,(H,25,28)/t13-,16-/m0/s1. The second-order valence-corrected chi connectivity index (χ2v) is 7.14. The highest BCUT2D eigenvalue weighted by Gasteiger charge is 2.48. The number of halogens is 3. The number of rotatable bonds is 4. The molecule has 3 heterocycles. The minimum absolute atomic E-state index is 0.149. The molecule has 0 aliphatic carbocycles. The Hall–Kier alpha value is -3.63. The van der Waals surface area contributed by atoms with E-state index >= 15 is 0 Å². The number of alkyl halides is 3. The van der Waals surface area contributed by atoms with Crippen molar-refractivity contribution in [1.29, 1.82) is 0 Å². The molecule has 2 fully saturated rings. The fourth-order valence-electron chi connectivity index (χ4n) is 3.74. The van der Waals surface area contributed by atoms with Crippen molar-refractivity contribution < 1.29 is 32.3 Å². The van der Waals surface area contributed by atoms with Gasteiger partial charge in [0, 0.05) is 30.5 Å². The molecule has 1 N–H and O–H groups in total. The number of nitrogens with one attached hydrogen (secondary N) is 1. The van der Waals surface area contributed by atoms with Gasteiger partial charge in [0.05, 0.1) is 5.69 Å². The Balaban J connectivity index is 1.45. The molecule has 0 bridgehead atoms. The van der Waals surface area contributed by atoms with Crippen LogP contribution in [0.15, 0.2) is 48.8 Å². The van der Waals surface area contributed by atoms with Gasteiger partial charge in [0.15, 0.2) is 0 Å². The summed E-state index contributed by atoms with van der Waals surface area (Å²) in [6.07, 6.45) is -1.12. The number of benzene rings is 1. The zero-order chi connectivity index (χ0) is 22.2. The Labute approximate surface area is 174 Å². The molecule has 11 heteroatoms. The summed E-state index contributed by atoms with van der Waals surface area (Å²) in [5, 5.41) is 2.87. The van der Waals surface area contributed by atoms with Gasteiger partial charge in [-0.15, -0.1) is 13.2 Å². The Morgan fingerprint density at radius 3 is 2.42 bits per heavy atom. The fourth-order valence-corrected chi connectivity index (χ4v) is 3.74. The molecule has 2 atom stereocenters. The van der Waals surface area contributed by atoms with Crippen LogP contribution in [0.2, 0.25) is 0 Å². The van der Waals surface area contributed by atoms with Crippen molar-refractivity contribution in [3.8, 4) is 5.75 Å². The monoisotopic (exact) mass is 434 g/mol. The smallest absolute Gasteiger partial charge is 0.406 e. The van der Waals surface area contributed by atoms with Gasteiger partial charge in [0.25, 0.3) is 11.8 Å².